The summed E-state index contributed by atoms with van der Waals surface area (Å²) >= 11 is 2.34. The third-order valence-electron chi connectivity index (χ3n) is 4.34. The van der Waals surface area contributed by atoms with E-state index in [2.05, 4.69) is 65.9 Å². The van der Waals surface area contributed by atoms with E-state index in [1.807, 2.05) is 6.07 Å². The van der Waals surface area contributed by atoms with E-state index in [1.54, 1.807) is 7.11 Å². The molecule has 23 heavy (non-hydrogen) atoms. The Morgan fingerprint density at radius 1 is 1.17 bits per heavy atom. The summed E-state index contributed by atoms with van der Waals surface area (Å²) in [6.07, 6.45) is 4.62. The summed E-state index contributed by atoms with van der Waals surface area (Å²) in [4.78, 5) is 5.09. The molecule has 1 atom stereocenters. The maximum Gasteiger partial charge on any atom is 0.119 e. The molecule has 3 rings (SSSR count). The van der Waals surface area contributed by atoms with Gasteiger partial charge >= 0.3 is 0 Å². The molecule has 0 amide bonds. The van der Waals surface area contributed by atoms with Gasteiger partial charge in [0.1, 0.15) is 5.75 Å². The van der Waals surface area contributed by atoms with Crippen LogP contribution < -0.4 is 4.74 Å². The molecular weight excluding hydrogens is 397 g/mol. The molecule has 3 heteroatoms. The molecule has 0 saturated carbocycles. The Balaban J connectivity index is 2.02. The van der Waals surface area contributed by atoms with E-state index in [0.29, 0.717) is 6.04 Å². The maximum absolute atomic E-state index is 5.41. The molecule has 0 aliphatic carbocycles. The number of unbranched alkanes of at least 4 members (excludes halogenated alkanes) is 1. The van der Waals surface area contributed by atoms with Crippen molar-refractivity contribution in [3.63, 3.8) is 0 Å². The second-order valence-corrected chi connectivity index (χ2v) is 7.25. The van der Waals surface area contributed by atoms with Crippen LogP contribution in [-0.2, 0) is 6.42 Å². The molecule has 0 bridgehead atoms. The van der Waals surface area contributed by atoms with E-state index in [4.69, 9.17) is 9.73 Å². The normalized spacial score (nSPS) is 16.7. The highest BCUT2D eigenvalue weighted by Gasteiger charge is 2.22. The first-order valence-corrected chi connectivity index (χ1v) is 9.30. The highest BCUT2D eigenvalue weighted by Crippen LogP contribution is 2.29. The molecular formula is C20H22INO. The number of halogens is 1. The Morgan fingerprint density at radius 3 is 2.65 bits per heavy atom. The van der Waals surface area contributed by atoms with Gasteiger partial charge in [-0.3, -0.25) is 4.99 Å². The minimum absolute atomic E-state index is 0.379. The van der Waals surface area contributed by atoms with Crippen molar-refractivity contribution in [1.29, 1.82) is 0 Å². The van der Waals surface area contributed by atoms with Gasteiger partial charge in [0.15, 0.2) is 0 Å². The third-order valence-corrected chi connectivity index (χ3v) is 5.06. The Hall–Kier alpha value is -1.36. The topological polar surface area (TPSA) is 21.6 Å². The van der Waals surface area contributed by atoms with Gasteiger partial charge in [-0.15, -0.1) is 0 Å². The van der Waals surface area contributed by atoms with Crippen molar-refractivity contribution in [1.82, 2.24) is 0 Å². The largest absolute Gasteiger partial charge is 0.497 e. The number of rotatable bonds is 5. The lowest BCUT2D eigenvalue weighted by Crippen LogP contribution is -2.22. The van der Waals surface area contributed by atoms with Crippen molar-refractivity contribution in [2.45, 2.75) is 38.6 Å². The molecule has 2 aromatic rings. The summed E-state index contributed by atoms with van der Waals surface area (Å²) < 4.78 is 6.66. The minimum Gasteiger partial charge on any atom is -0.497 e. The van der Waals surface area contributed by atoms with Crippen molar-refractivity contribution >= 4 is 28.3 Å². The fourth-order valence-electron chi connectivity index (χ4n) is 3.09. The molecule has 0 spiro atoms. The zero-order valence-electron chi connectivity index (χ0n) is 13.7. The van der Waals surface area contributed by atoms with E-state index >= 15 is 0 Å². The number of methoxy groups -OCH3 is 1. The summed E-state index contributed by atoms with van der Waals surface area (Å²) in [5, 5.41) is 0. The Morgan fingerprint density at radius 2 is 1.96 bits per heavy atom. The summed E-state index contributed by atoms with van der Waals surface area (Å²) in [6.45, 7) is 2.24. The van der Waals surface area contributed by atoms with E-state index in [0.717, 1.165) is 24.3 Å². The van der Waals surface area contributed by atoms with Crippen LogP contribution in [0.3, 0.4) is 0 Å². The van der Waals surface area contributed by atoms with Gasteiger partial charge in [0.05, 0.1) is 18.9 Å². The van der Waals surface area contributed by atoms with Crippen LogP contribution in [0.2, 0.25) is 0 Å². The monoisotopic (exact) mass is 419 g/mol. The number of fused-ring (bicyclic) bond motifs is 1. The first-order valence-electron chi connectivity index (χ1n) is 8.22. The van der Waals surface area contributed by atoms with E-state index in [-0.39, 0.29) is 0 Å². The Labute approximate surface area is 152 Å². The van der Waals surface area contributed by atoms with Crippen LogP contribution in [0.15, 0.2) is 47.5 Å². The minimum atomic E-state index is 0.379. The zero-order valence-corrected chi connectivity index (χ0v) is 15.8. The fourth-order valence-corrected chi connectivity index (χ4v) is 3.45. The molecule has 0 aromatic heterocycles. The smallest absolute Gasteiger partial charge is 0.119 e. The summed E-state index contributed by atoms with van der Waals surface area (Å²) in [5.74, 6) is 0.932. The van der Waals surface area contributed by atoms with Gasteiger partial charge < -0.3 is 4.74 Å². The van der Waals surface area contributed by atoms with Gasteiger partial charge in [-0.1, -0.05) is 31.9 Å². The van der Waals surface area contributed by atoms with Gasteiger partial charge in [0.2, 0.25) is 0 Å². The number of ether oxygens (including phenoxy) is 1. The predicted octanol–water partition coefficient (Wildman–Crippen LogP) is 5.25. The molecule has 2 nitrogen and oxygen atoms in total. The van der Waals surface area contributed by atoms with Crippen LogP contribution in [0.25, 0.3) is 0 Å². The highest BCUT2D eigenvalue weighted by molar-refractivity contribution is 14.1. The van der Waals surface area contributed by atoms with Crippen molar-refractivity contribution in [3.05, 3.63) is 62.7 Å². The SMILES string of the molecule is CCCCC1Cc2cc(OC)ccc2C(c2ccc(I)cc2)=N1. The van der Waals surface area contributed by atoms with Gasteiger partial charge in [-0.05, 0) is 71.3 Å². The first kappa shape index (κ1) is 16.5. The summed E-state index contributed by atoms with van der Waals surface area (Å²) in [5.41, 5.74) is 4.94. The lowest BCUT2D eigenvalue weighted by molar-refractivity contribution is 0.414. The maximum atomic E-state index is 5.41. The molecule has 1 heterocycles. The highest BCUT2D eigenvalue weighted by atomic mass is 127. The number of aliphatic imine (C=N–C) groups is 1. The average Bonchev–Trinajstić information content (AvgIpc) is 2.59. The molecule has 120 valence electrons. The van der Waals surface area contributed by atoms with Gasteiger partial charge in [-0.2, -0.15) is 0 Å². The van der Waals surface area contributed by atoms with Crippen LogP contribution >= 0.6 is 22.6 Å². The molecule has 0 N–H and O–H groups in total. The van der Waals surface area contributed by atoms with Crippen molar-refractivity contribution in [3.8, 4) is 5.75 Å². The molecule has 1 aliphatic rings. The average molecular weight is 419 g/mol. The van der Waals surface area contributed by atoms with Crippen LogP contribution in [0, 0.1) is 3.57 Å². The van der Waals surface area contributed by atoms with E-state index in [1.165, 1.54) is 33.1 Å². The quantitative estimate of drug-likeness (QED) is 0.607. The first-order chi connectivity index (χ1) is 11.2. The number of hydrogen-bond acceptors (Lipinski definition) is 2. The number of nitrogens with zero attached hydrogens (tertiary/aromatic N) is 1. The molecule has 0 saturated heterocycles. The molecule has 0 fully saturated rings. The Kier molecular flexibility index (Phi) is 5.36. The van der Waals surface area contributed by atoms with Crippen LogP contribution in [0.5, 0.6) is 5.75 Å². The number of hydrogen-bond donors (Lipinski definition) is 0. The second-order valence-electron chi connectivity index (χ2n) is 6.01. The molecule has 1 unspecified atom stereocenters. The van der Waals surface area contributed by atoms with Gasteiger partial charge in [0, 0.05) is 14.7 Å². The van der Waals surface area contributed by atoms with Crippen LogP contribution in [0.4, 0.5) is 0 Å². The predicted molar refractivity (Wildman–Crippen MR) is 105 cm³/mol. The molecule has 1 aliphatic heterocycles. The molecule has 0 radical (unpaired) electrons. The number of benzene rings is 2. The summed E-state index contributed by atoms with van der Waals surface area (Å²) in [6, 6.07) is 15.4. The van der Waals surface area contributed by atoms with Crippen LogP contribution in [-0.4, -0.2) is 18.9 Å². The fraction of sp³-hybridized carbons (Fsp3) is 0.350. The zero-order chi connectivity index (χ0) is 16.2. The van der Waals surface area contributed by atoms with Crippen molar-refractivity contribution in [2.75, 3.05) is 7.11 Å². The second kappa shape index (κ2) is 7.47. The van der Waals surface area contributed by atoms with Gasteiger partial charge in [-0.25, -0.2) is 0 Å². The van der Waals surface area contributed by atoms with E-state index in [9.17, 15) is 0 Å². The van der Waals surface area contributed by atoms with Crippen molar-refractivity contribution in [2.24, 2.45) is 4.99 Å². The Bertz CT molecular complexity index is 706. The summed E-state index contributed by atoms with van der Waals surface area (Å²) in [7, 11) is 1.73. The lowest BCUT2D eigenvalue weighted by Gasteiger charge is -2.24. The third kappa shape index (κ3) is 3.77. The van der Waals surface area contributed by atoms with Crippen LogP contribution in [0.1, 0.15) is 42.9 Å². The molecule has 2 aromatic carbocycles. The standard InChI is InChI=1S/C20H22INO/c1-3-4-5-17-12-15-13-18(23-2)10-11-19(15)20(22-17)14-6-8-16(21)9-7-14/h6-11,13,17H,3-5,12H2,1-2H3. The van der Waals surface area contributed by atoms with Gasteiger partial charge in [0.25, 0.3) is 0 Å². The lowest BCUT2D eigenvalue weighted by atomic mass is 9.88. The van der Waals surface area contributed by atoms with E-state index < -0.39 is 0 Å². The van der Waals surface area contributed by atoms with Crippen molar-refractivity contribution < 1.29 is 4.74 Å².